The van der Waals surface area contributed by atoms with E-state index in [1.165, 1.54) is 0 Å². The summed E-state index contributed by atoms with van der Waals surface area (Å²) >= 11 is 0. The minimum atomic E-state index is 0.0249. The molecule has 29 heavy (non-hydrogen) atoms. The van der Waals surface area contributed by atoms with E-state index in [4.69, 9.17) is 14.5 Å². The number of piperidine rings is 1. The quantitative estimate of drug-likeness (QED) is 0.512. The second-order valence-electron chi connectivity index (χ2n) is 8.38. The lowest BCUT2D eigenvalue weighted by atomic mass is 10.0. The average molecular weight is 406 g/mol. The number of nitrogens with zero attached hydrogens (tertiary/aromatic N) is 3. The summed E-state index contributed by atoms with van der Waals surface area (Å²) in [6.45, 7) is 10.1. The molecule has 1 aromatic carbocycles. The van der Waals surface area contributed by atoms with E-state index in [1.807, 2.05) is 6.07 Å². The summed E-state index contributed by atoms with van der Waals surface area (Å²) in [6.07, 6.45) is 2.11. The first-order chi connectivity index (χ1) is 13.8. The van der Waals surface area contributed by atoms with Gasteiger partial charge in [-0.2, -0.15) is 0 Å². The van der Waals surface area contributed by atoms with E-state index in [2.05, 4.69) is 67.4 Å². The van der Waals surface area contributed by atoms with E-state index in [1.54, 1.807) is 14.2 Å². The van der Waals surface area contributed by atoms with E-state index in [0.717, 1.165) is 62.2 Å². The number of methoxy groups -OCH3 is 2. The summed E-state index contributed by atoms with van der Waals surface area (Å²) in [4.78, 5) is 9.43. The van der Waals surface area contributed by atoms with Gasteiger partial charge in [0.05, 0.1) is 20.8 Å². The zero-order valence-electron chi connectivity index (χ0n) is 19.2. The fraction of sp³-hybridized carbons (Fsp3) is 0.682. The molecule has 7 nitrogen and oxygen atoms in total. The molecule has 1 fully saturated rings. The van der Waals surface area contributed by atoms with Gasteiger partial charge in [-0.05, 0) is 47.7 Å². The molecule has 1 aliphatic rings. The van der Waals surface area contributed by atoms with Crippen molar-refractivity contribution in [1.82, 2.24) is 15.5 Å². The molecule has 1 aliphatic heterocycles. The second-order valence-corrected chi connectivity index (χ2v) is 8.38. The van der Waals surface area contributed by atoms with E-state index in [0.29, 0.717) is 6.04 Å². The zero-order chi connectivity index (χ0) is 21.4. The number of aliphatic imine (C=N–C) groups is 1. The van der Waals surface area contributed by atoms with Crippen LogP contribution in [0.2, 0.25) is 0 Å². The number of likely N-dealkylation sites (N-methyl/N-ethyl adjacent to an activating group) is 1. The Bertz CT molecular complexity index is 645. The van der Waals surface area contributed by atoms with Crippen molar-refractivity contribution in [3.05, 3.63) is 18.2 Å². The minimum Gasteiger partial charge on any atom is -0.497 e. The van der Waals surface area contributed by atoms with Gasteiger partial charge in [-0.15, -0.1) is 0 Å². The Kier molecular flexibility index (Phi) is 8.44. The normalized spacial score (nSPS) is 16.1. The maximum Gasteiger partial charge on any atom is 0.191 e. The summed E-state index contributed by atoms with van der Waals surface area (Å²) in [6, 6.07) is 6.47. The molecule has 2 N–H and O–H groups in total. The number of rotatable bonds is 8. The van der Waals surface area contributed by atoms with Gasteiger partial charge in [0.2, 0.25) is 0 Å². The molecular weight excluding hydrogens is 366 g/mol. The molecule has 0 atom stereocenters. The van der Waals surface area contributed by atoms with Gasteiger partial charge in [0.25, 0.3) is 0 Å². The molecule has 0 aromatic heterocycles. The van der Waals surface area contributed by atoms with Crippen LogP contribution in [0.3, 0.4) is 0 Å². The molecule has 1 saturated heterocycles. The van der Waals surface area contributed by atoms with Crippen LogP contribution in [0, 0.1) is 0 Å². The fourth-order valence-electron chi connectivity index (χ4n) is 3.18. The third-order valence-electron chi connectivity index (χ3n) is 5.72. The van der Waals surface area contributed by atoms with Crippen LogP contribution in [0.15, 0.2) is 23.2 Å². The van der Waals surface area contributed by atoms with E-state index in [9.17, 15) is 0 Å². The standard InChI is InChI=1S/C22H39N5O2/c1-8-23-21(24-16-22(2,3)26(4)5)25-17-9-11-27(12-10-17)18-13-19(28-6)15-20(14-18)29-7/h13-15,17H,8-12,16H2,1-7H3,(H2,23,24,25). The molecular formula is C22H39N5O2. The largest absolute Gasteiger partial charge is 0.497 e. The average Bonchev–Trinajstić information content (AvgIpc) is 2.72. The number of ether oxygens (including phenoxy) is 2. The van der Waals surface area contributed by atoms with E-state index >= 15 is 0 Å². The number of hydrogen-bond donors (Lipinski definition) is 2. The molecule has 0 bridgehead atoms. The topological polar surface area (TPSA) is 61.4 Å². The van der Waals surface area contributed by atoms with Crippen molar-refractivity contribution in [2.45, 2.75) is 45.2 Å². The highest BCUT2D eigenvalue weighted by Crippen LogP contribution is 2.30. The Labute approximate surface area is 176 Å². The molecule has 0 amide bonds. The lowest BCUT2D eigenvalue weighted by Gasteiger charge is -2.35. The first-order valence-electron chi connectivity index (χ1n) is 10.5. The van der Waals surface area contributed by atoms with Crippen LogP contribution in [0.4, 0.5) is 5.69 Å². The third kappa shape index (κ3) is 6.70. The summed E-state index contributed by atoms with van der Waals surface area (Å²) in [5, 5.41) is 7.02. The SMILES string of the molecule is CCNC(=NCC(C)(C)N(C)C)NC1CCN(c2cc(OC)cc(OC)c2)CC1. The monoisotopic (exact) mass is 405 g/mol. The van der Waals surface area contributed by atoms with Crippen molar-refractivity contribution < 1.29 is 9.47 Å². The molecule has 0 radical (unpaired) electrons. The van der Waals surface area contributed by atoms with Crippen molar-refractivity contribution in [2.24, 2.45) is 4.99 Å². The van der Waals surface area contributed by atoms with E-state index in [-0.39, 0.29) is 5.54 Å². The molecule has 164 valence electrons. The van der Waals surface area contributed by atoms with Crippen LogP contribution in [0.1, 0.15) is 33.6 Å². The predicted octanol–water partition coefficient (Wildman–Crippen LogP) is 2.57. The Morgan fingerprint density at radius 1 is 1.14 bits per heavy atom. The maximum atomic E-state index is 5.41. The van der Waals surface area contributed by atoms with Crippen LogP contribution in [-0.4, -0.2) is 76.9 Å². The summed E-state index contributed by atoms with van der Waals surface area (Å²) < 4.78 is 10.8. The maximum absolute atomic E-state index is 5.41. The fourth-order valence-corrected chi connectivity index (χ4v) is 3.18. The van der Waals surface area contributed by atoms with Gasteiger partial charge in [0.1, 0.15) is 11.5 Å². The molecule has 7 heteroatoms. The highest BCUT2D eigenvalue weighted by atomic mass is 16.5. The second kappa shape index (κ2) is 10.6. The lowest BCUT2D eigenvalue weighted by molar-refractivity contribution is 0.204. The summed E-state index contributed by atoms with van der Waals surface area (Å²) in [5.74, 6) is 2.55. The molecule has 1 heterocycles. The van der Waals surface area contributed by atoms with Crippen LogP contribution in [0.5, 0.6) is 11.5 Å². The van der Waals surface area contributed by atoms with Gasteiger partial charge in [-0.1, -0.05) is 0 Å². The number of anilines is 1. The van der Waals surface area contributed by atoms with Crippen molar-refractivity contribution in [3.8, 4) is 11.5 Å². The van der Waals surface area contributed by atoms with Crippen molar-refractivity contribution in [1.29, 1.82) is 0 Å². The van der Waals surface area contributed by atoms with Crippen LogP contribution >= 0.6 is 0 Å². The predicted molar refractivity (Wildman–Crippen MR) is 122 cm³/mol. The number of nitrogens with one attached hydrogen (secondary N) is 2. The first-order valence-corrected chi connectivity index (χ1v) is 10.5. The van der Waals surface area contributed by atoms with Crippen LogP contribution in [0.25, 0.3) is 0 Å². The van der Waals surface area contributed by atoms with Crippen LogP contribution in [-0.2, 0) is 0 Å². The Morgan fingerprint density at radius 3 is 2.21 bits per heavy atom. The van der Waals surface area contributed by atoms with Gasteiger partial charge in [-0.25, -0.2) is 0 Å². The molecule has 1 aromatic rings. The third-order valence-corrected chi connectivity index (χ3v) is 5.72. The van der Waals surface area contributed by atoms with Gasteiger partial charge < -0.3 is 29.9 Å². The van der Waals surface area contributed by atoms with Gasteiger partial charge in [-0.3, -0.25) is 4.99 Å². The number of benzene rings is 1. The highest BCUT2D eigenvalue weighted by Gasteiger charge is 2.23. The van der Waals surface area contributed by atoms with Crippen LogP contribution < -0.4 is 25.0 Å². The first kappa shape index (κ1) is 23.1. The number of hydrogen-bond acceptors (Lipinski definition) is 5. The van der Waals surface area contributed by atoms with Crippen molar-refractivity contribution in [3.63, 3.8) is 0 Å². The number of guanidine groups is 1. The molecule has 0 aliphatic carbocycles. The van der Waals surface area contributed by atoms with Gasteiger partial charge >= 0.3 is 0 Å². The highest BCUT2D eigenvalue weighted by molar-refractivity contribution is 5.80. The molecule has 0 unspecified atom stereocenters. The van der Waals surface area contributed by atoms with Crippen molar-refractivity contribution >= 4 is 11.6 Å². The van der Waals surface area contributed by atoms with E-state index < -0.39 is 0 Å². The Balaban J connectivity index is 1.97. The summed E-state index contributed by atoms with van der Waals surface area (Å²) in [5.41, 5.74) is 1.17. The smallest absolute Gasteiger partial charge is 0.191 e. The minimum absolute atomic E-state index is 0.0249. The Morgan fingerprint density at radius 2 is 1.72 bits per heavy atom. The summed E-state index contributed by atoms with van der Waals surface area (Å²) in [7, 11) is 7.57. The lowest BCUT2D eigenvalue weighted by Crippen LogP contribution is -2.49. The van der Waals surface area contributed by atoms with Gasteiger partial charge in [0.15, 0.2) is 5.96 Å². The van der Waals surface area contributed by atoms with Gasteiger partial charge in [0, 0.05) is 55.1 Å². The molecule has 0 spiro atoms. The zero-order valence-corrected chi connectivity index (χ0v) is 19.2. The Hall–Kier alpha value is -2.15. The van der Waals surface area contributed by atoms with Crippen molar-refractivity contribution in [2.75, 3.05) is 59.4 Å². The molecule has 2 rings (SSSR count). The molecule has 0 saturated carbocycles.